The molecule has 1 aliphatic rings. The number of rotatable bonds is 1. The van der Waals surface area contributed by atoms with Crippen molar-refractivity contribution in [2.45, 2.75) is 6.92 Å². The molecule has 0 bridgehead atoms. The molecule has 0 aliphatic heterocycles. The molecule has 4 nitrogen and oxygen atoms in total. The zero-order valence-corrected chi connectivity index (χ0v) is 9.94. The number of nitrogens with one attached hydrogen (secondary N) is 3. The predicted molar refractivity (Wildman–Crippen MR) is 65.5 cm³/mol. The summed E-state index contributed by atoms with van der Waals surface area (Å²) in [4.78, 5) is 17.8. The largest absolute Gasteiger partial charge is 0.358 e. The van der Waals surface area contributed by atoms with Crippen LogP contribution in [0.2, 0.25) is 0 Å². The smallest absolute Gasteiger partial charge is 0.233 e. The summed E-state index contributed by atoms with van der Waals surface area (Å²) in [6.07, 6.45) is 7.48. The lowest BCUT2D eigenvalue weighted by Gasteiger charge is -2.18. The molecule has 0 saturated heterocycles. The van der Waals surface area contributed by atoms with Gasteiger partial charge in [0.15, 0.2) is 4.77 Å². The van der Waals surface area contributed by atoms with Crippen molar-refractivity contribution in [2.24, 2.45) is 5.41 Å². The Kier molecular flexibility index (Phi) is 2.55. The topological polar surface area (TPSA) is 60.7 Å². The van der Waals surface area contributed by atoms with Crippen molar-refractivity contribution < 1.29 is 4.79 Å². The van der Waals surface area contributed by atoms with Crippen LogP contribution >= 0.6 is 12.2 Å². The summed E-state index contributed by atoms with van der Waals surface area (Å²) in [7, 11) is 1.63. The van der Waals surface area contributed by atoms with Gasteiger partial charge in [-0.15, -0.1) is 0 Å². The van der Waals surface area contributed by atoms with Crippen LogP contribution in [0.4, 0.5) is 0 Å². The Balaban J connectivity index is 2.68. The second kappa shape index (κ2) is 3.75. The molecule has 16 heavy (non-hydrogen) atoms. The maximum absolute atomic E-state index is 11.8. The Bertz CT molecular complexity index is 622. The maximum Gasteiger partial charge on any atom is 0.233 e. The van der Waals surface area contributed by atoms with E-state index in [-0.39, 0.29) is 5.91 Å². The highest BCUT2D eigenvalue weighted by atomic mass is 32.1. The third-order valence-corrected chi connectivity index (χ3v) is 2.86. The van der Waals surface area contributed by atoms with Crippen molar-refractivity contribution in [1.29, 1.82) is 0 Å². The number of carbonyl (C=O) groups excluding carboxylic acids is 1. The van der Waals surface area contributed by atoms with Gasteiger partial charge in [0.05, 0.1) is 16.1 Å². The fourth-order valence-electron chi connectivity index (χ4n) is 1.76. The average molecular weight is 235 g/mol. The molecule has 0 radical (unpaired) electrons. The lowest BCUT2D eigenvalue weighted by Crippen LogP contribution is -2.36. The fourth-order valence-corrected chi connectivity index (χ4v) is 1.98. The number of amides is 1. The van der Waals surface area contributed by atoms with Crippen LogP contribution in [0.1, 0.15) is 6.92 Å². The Morgan fingerprint density at radius 2 is 2.12 bits per heavy atom. The molecule has 1 aliphatic carbocycles. The van der Waals surface area contributed by atoms with Crippen molar-refractivity contribution in [1.82, 2.24) is 15.3 Å². The van der Waals surface area contributed by atoms with Crippen LogP contribution in [0, 0.1) is 10.2 Å². The van der Waals surface area contributed by atoms with E-state index in [1.54, 1.807) is 7.05 Å². The van der Waals surface area contributed by atoms with Crippen molar-refractivity contribution in [3.05, 3.63) is 27.6 Å². The SMILES string of the molecule is CNC(=O)C1(C)C=CC=c2[nH]c(=S)[nH]c2=C1. The summed E-state index contributed by atoms with van der Waals surface area (Å²) in [5.74, 6) is -0.0504. The minimum atomic E-state index is -0.656. The van der Waals surface area contributed by atoms with Gasteiger partial charge in [0, 0.05) is 7.05 Å². The molecule has 0 saturated carbocycles. The molecule has 84 valence electrons. The molecule has 2 rings (SSSR count). The van der Waals surface area contributed by atoms with E-state index in [2.05, 4.69) is 15.3 Å². The maximum atomic E-state index is 11.8. The lowest BCUT2D eigenvalue weighted by molar-refractivity contribution is -0.124. The van der Waals surface area contributed by atoms with Gasteiger partial charge in [-0.2, -0.15) is 0 Å². The van der Waals surface area contributed by atoms with E-state index in [4.69, 9.17) is 12.2 Å². The molecule has 1 aromatic heterocycles. The highest BCUT2D eigenvalue weighted by Crippen LogP contribution is 2.21. The first-order chi connectivity index (χ1) is 7.55. The molecule has 3 N–H and O–H groups in total. The van der Waals surface area contributed by atoms with Gasteiger partial charge >= 0.3 is 0 Å². The van der Waals surface area contributed by atoms with E-state index in [9.17, 15) is 4.79 Å². The van der Waals surface area contributed by atoms with Crippen LogP contribution in [-0.4, -0.2) is 22.9 Å². The van der Waals surface area contributed by atoms with E-state index >= 15 is 0 Å². The second-order valence-electron chi connectivity index (χ2n) is 3.94. The van der Waals surface area contributed by atoms with Crippen LogP contribution in [0.15, 0.2) is 12.2 Å². The van der Waals surface area contributed by atoms with E-state index in [0.29, 0.717) is 4.77 Å². The minimum Gasteiger partial charge on any atom is -0.358 e. The normalized spacial score (nSPS) is 22.6. The standard InChI is InChI=1S/C11H13N3OS/c1-11(9(15)12-2)5-3-4-7-8(6-11)14-10(16)13-7/h3-6H,1-2H3,(H,12,15)(H2,13,14,16). The summed E-state index contributed by atoms with van der Waals surface area (Å²) in [5.41, 5.74) is -0.656. The summed E-state index contributed by atoms with van der Waals surface area (Å²) in [5, 5.41) is 4.40. The van der Waals surface area contributed by atoms with Crippen LogP contribution in [0.5, 0.6) is 0 Å². The monoisotopic (exact) mass is 235 g/mol. The predicted octanol–water partition coefficient (Wildman–Crippen LogP) is -0.0446. The van der Waals surface area contributed by atoms with Gasteiger partial charge in [0.2, 0.25) is 5.91 Å². The Morgan fingerprint density at radius 3 is 2.81 bits per heavy atom. The van der Waals surface area contributed by atoms with Gasteiger partial charge in [-0.25, -0.2) is 0 Å². The number of aromatic amines is 2. The number of H-pyrrole nitrogens is 2. The van der Waals surface area contributed by atoms with Gasteiger partial charge in [0.25, 0.3) is 0 Å². The zero-order chi connectivity index (χ0) is 11.8. The molecule has 1 aromatic rings. The highest BCUT2D eigenvalue weighted by molar-refractivity contribution is 7.71. The molecule has 0 spiro atoms. The number of hydrogen-bond acceptors (Lipinski definition) is 2. The summed E-state index contributed by atoms with van der Waals surface area (Å²) in [6.45, 7) is 1.86. The zero-order valence-electron chi connectivity index (χ0n) is 9.13. The van der Waals surface area contributed by atoms with Crippen molar-refractivity contribution >= 4 is 30.3 Å². The van der Waals surface area contributed by atoms with Crippen LogP contribution < -0.4 is 16.0 Å². The summed E-state index contributed by atoms with van der Waals surface area (Å²) >= 11 is 5.02. The fraction of sp³-hybridized carbons (Fsp3) is 0.273. The first-order valence-electron chi connectivity index (χ1n) is 4.98. The lowest BCUT2D eigenvalue weighted by atomic mass is 9.89. The van der Waals surface area contributed by atoms with E-state index in [1.165, 1.54) is 0 Å². The number of fused-ring (bicyclic) bond motifs is 1. The molecular weight excluding hydrogens is 222 g/mol. The summed E-state index contributed by atoms with van der Waals surface area (Å²) < 4.78 is 0.562. The third-order valence-electron chi connectivity index (χ3n) is 2.65. The van der Waals surface area contributed by atoms with Crippen molar-refractivity contribution in [2.75, 3.05) is 7.05 Å². The van der Waals surface area contributed by atoms with Gasteiger partial charge in [0.1, 0.15) is 0 Å². The Morgan fingerprint density at radius 1 is 1.44 bits per heavy atom. The average Bonchev–Trinajstić information content (AvgIpc) is 2.49. The Labute approximate surface area is 97.8 Å². The van der Waals surface area contributed by atoms with Crippen LogP contribution in [0.3, 0.4) is 0 Å². The molecule has 1 heterocycles. The summed E-state index contributed by atoms with van der Waals surface area (Å²) in [6, 6.07) is 0. The number of imidazole rings is 1. The van der Waals surface area contributed by atoms with E-state index in [1.807, 2.05) is 31.2 Å². The quantitative estimate of drug-likeness (QED) is 0.598. The second-order valence-corrected chi connectivity index (χ2v) is 4.35. The van der Waals surface area contributed by atoms with Gasteiger partial charge in [-0.05, 0) is 31.3 Å². The molecule has 0 fully saturated rings. The Hall–Kier alpha value is -1.62. The highest BCUT2D eigenvalue weighted by Gasteiger charge is 2.27. The molecular formula is C11H13N3OS. The van der Waals surface area contributed by atoms with Crippen molar-refractivity contribution in [3.8, 4) is 0 Å². The van der Waals surface area contributed by atoms with Gasteiger partial charge < -0.3 is 15.3 Å². The molecule has 1 atom stereocenters. The van der Waals surface area contributed by atoms with Crippen LogP contribution in [-0.2, 0) is 4.79 Å². The van der Waals surface area contributed by atoms with Crippen molar-refractivity contribution in [3.63, 3.8) is 0 Å². The number of allylic oxidation sites excluding steroid dienone is 1. The first-order valence-corrected chi connectivity index (χ1v) is 5.39. The van der Waals surface area contributed by atoms with E-state index in [0.717, 1.165) is 10.7 Å². The number of hydrogen-bond donors (Lipinski definition) is 3. The molecule has 0 aromatic carbocycles. The molecule has 1 amide bonds. The van der Waals surface area contributed by atoms with Gasteiger partial charge in [-0.1, -0.05) is 12.2 Å². The molecule has 1 unspecified atom stereocenters. The first kappa shape index (κ1) is 10.9. The number of aromatic nitrogens is 2. The third kappa shape index (κ3) is 1.74. The number of carbonyl (C=O) groups is 1. The molecule has 5 heteroatoms. The van der Waals surface area contributed by atoms with Crippen LogP contribution in [0.25, 0.3) is 12.2 Å². The van der Waals surface area contributed by atoms with E-state index < -0.39 is 5.41 Å². The minimum absolute atomic E-state index is 0.0504. The van der Waals surface area contributed by atoms with Gasteiger partial charge in [-0.3, -0.25) is 4.79 Å².